The topological polar surface area (TPSA) is 71.1 Å². The Morgan fingerprint density at radius 1 is 1.15 bits per heavy atom. The molecule has 0 aliphatic rings. The van der Waals surface area contributed by atoms with Gasteiger partial charge in [-0.25, -0.2) is 4.98 Å². The molecule has 3 rings (SSSR count). The lowest BCUT2D eigenvalue weighted by Crippen LogP contribution is -2.18. The molecule has 1 aromatic carbocycles. The molecule has 0 bridgehead atoms. The van der Waals surface area contributed by atoms with Gasteiger partial charge < -0.3 is 5.32 Å². The first-order valence-electron chi connectivity index (χ1n) is 7.79. The maximum atomic E-state index is 12.4. The van der Waals surface area contributed by atoms with Crippen LogP contribution in [0.25, 0.3) is 11.3 Å². The fourth-order valence-corrected chi connectivity index (χ4v) is 4.16. The number of anilines is 1. The highest BCUT2D eigenvalue weighted by Crippen LogP contribution is 2.27. The summed E-state index contributed by atoms with van der Waals surface area (Å²) in [5, 5.41) is 8.05. The van der Waals surface area contributed by atoms with Gasteiger partial charge in [-0.1, -0.05) is 12.1 Å². The first kappa shape index (κ1) is 18.6. The van der Waals surface area contributed by atoms with Crippen molar-refractivity contribution < 1.29 is 9.59 Å². The molecule has 2 heterocycles. The quantitative estimate of drug-likeness (QED) is 0.595. The van der Waals surface area contributed by atoms with E-state index >= 15 is 0 Å². The van der Waals surface area contributed by atoms with E-state index in [0.29, 0.717) is 16.6 Å². The zero-order valence-corrected chi connectivity index (χ0v) is 16.7. The summed E-state index contributed by atoms with van der Waals surface area (Å²) in [6, 6.07) is 11.8. The van der Waals surface area contributed by atoms with Gasteiger partial charge in [0, 0.05) is 27.6 Å². The number of nitrogens with zero attached hydrogens (tertiary/aromatic N) is 1. The molecule has 2 amide bonds. The Hall–Kier alpha value is -2.16. The average Bonchev–Trinajstić information content (AvgIpc) is 3.29. The molecule has 0 radical (unpaired) electrons. The van der Waals surface area contributed by atoms with Crippen LogP contribution in [0, 0.1) is 0 Å². The first-order valence-corrected chi connectivity index (χ1v) is 10.7. The number of carbonyl (C=O) groups excluding carboxylic acids is 2. The number of nitrogens with one attached hydrogen (secondary N) is 2. The molecule has 0 aliphatic heterocycles. The molecule has 0 saturated heterocycles. The zero-order valence-electron chi connectivity index (χ0n) is 14.2. The number of carbonyl (C=O) groups is 2. The van der Waals surface area contributed by atoms with Crippen molar-refractivity contribution in [3.63, 3.8) is 0 Å². The standard InChI is InChI=1S/C18H17N3O2S3/c1-11(22)19-9-14-7-8-16(26-14)17(23)21-18-20-15(10-25-18)12-3-5-13(24-2)6-4-12/h3-8,10H,9H2,1-2H3,(H,19,22)(H,20,21,23). The van der Waals surface area contributed by atoms with Crippen molar-refractivity contribution in [2.24, 2.45) is 0 Å². The van der Waals surface area contributed by atoms with E-state index in [1.165, 1.54) is 34.5 Å². The van der Waals surface area contributed by atoms with E-state index in [0.717, 1.165) is 16.1 Å². The summed E-state index contributed by atoms with van der Waals surface area (Å²) in [7, 11) is 0. The van der Waals surface area contributed by atoms with E-state index in [-0.39, 0.29) is 11.8 Å². The van der Waals surface area contributed by atoms with Gasteiger partial charge in [0.15, 0.2) is 5.13 Å². The molecule has 0 saturated carbocycles. The number of rotatable bonds is 6. The molecule has 26 heavy (non-hydrogen) atoms. The largest absolute Gasteiger partial charge is 0.351 e. The Morgan fingerprint density at radius 3 is 2.62 bits per heavy atom. The molecule has 8 heteroatoms. The van der Waals surface area contributed by atoms with Gasteiger partial charge in [-0.2, -0.15) is 0 Å². The lowest BCUT2D eigenvalue weighted by molar-refractivity contribution is -0.119. The smallest absolute Gasteiger partial charge is 0.267 e. The number of aromatic nitrogens is 1. The number of benzene rings is 1. The second-order valence-corrected chi connectivity index (χ2v) is 8.30. The van der Waals surface area contributed by atoms with Crippen molar-refractivity contribution in [2.45, 2.75) is 18.4 Å². The summed E-state index contributed by atoms with van der Waals surface area (Å²) >= 11 is 4.45. The first-order chi connectivity index (χ1) is 12.5. The van der Waals surface area contributed by atoms with Crippen LogP contribution in [0.15, 0.2) is 46.7 Å². The molecule has 0 unspecified atom stereocenters. The van der Waals surface area contributed by atoms with Crippen LogP contribution < -0.4 is 10.6 Å². The van der Waals surface area contributed by atoms with Crippen LogP contribution in [0.5, 0.6) is 0 Å². The van der Waals surface area contributed by atoms with E-state index in [4.69, 9.17) is 0 Å². The Balaban J connectivity index is 1.64. The van der Waals surface area contributed by atoms with Gasteiger partial charge >= 0.3 is 0 Å². The number of amides is 2. The predicted octanol–water partition coefficient (Wildman–Crippen LogP) is 4.48. The highest BCUT2D eigenvalue weighted by Gasteiger charge is 2.12. The summed E-state index contributed by atoms with van der Waals surface area (Å²) < 4.78 is 0. The van der Waals surface area contributed by atoms with Gasteiger partial charge in [-0.3, -0.25) is 14.9 Å². The van der Waals surface area contributed by atoms with Gasteiger partial charge in [0.25, 0.3) is 5.91 Å². The minimum Gasteiger partial charge on any atom is -0.351 e. The lowest BCUT2D eigenvalue weighted by atomic mass is 10.2. The molecule has 2 aromatic heterocycles. The molecule has 0 fully saturated rings. The molecule has 2 N–H and O–H groups in total. The third-order valence-electron chi connectivity index (χ3n) is 3.51. The Morgan fingerprint density at radius 2 is 1.92 bits per heavy atom. The predicted molar refractivity (Wildman–Crippen MR) is 109 cm³/mol. The van der Waals surface area contributed by atoms with Crippen LogP contribution in [0.2, 0.25) is 0 Å². The van der Waals surface area contributed by atoms with Gasteiger partial charge in [0.2, 0.25) is 5.91 Å². The minimum absolute atomic E-state index is 0.0923. The normalized spacial score (nSPS) is 10.5. The molecule has 0 spiro atoms. The van der Waals surface area contributed by atoms with Gasteiger partial charge in [0.05, 0.1) is 17.1 Å². The summed E-state index contributed by atoms with van der Waals surface area (Å²) in [6.07, 6.45) is 2.04. The second kappa shape index (κ2) is 8.48. The number of thiazole rings is 1. The number of hydrogen-bond donors (Lipinski definition) is 2. The summed E-state index contributed by atoms with van der Waals surface area (Å²) in [5.74, 6) is -0.284. The number of hydrogen-bond acceptors (Lipinski definition) is 6. The maximum Gasteiger partial charge on any atom is 0.267 e. The Bertz CT molecular complexity index is 916. The van der Waals surface area contributed by atoms with E-state index in [1.54, 1.807) is 17.8 Å². The lowest BCUT2D eigenvalue weighted by Gasteiger charge is -2.00. The fraction of sp³-hybridized carbons (Fsp3) is 0.167. The van der Waals surface area contributed by atoms with Crippen molar-refractivity contribution in [3.8, 4) is 11.3 Å². The zero-order chi connectivity index (χ0) is 18.5. The van der Waals surface area contributed by atoms with Gasteiger partial charge in [-0.15, -0.1) is 34.4 Å². The fourth-order valence-electron chi connectivity index (χ4n) is 2.19. The molecule has 134 valence electrons. The van der Waals surface area contributed by atoms with E-state index in [2.05, 4.69) is 27.8 Å². The van der Waals surface area contributed by atoms with Crippen LogP contribution >= 0.6 is 34.4 Å². The highest BCUT2D eigenvalue weighted by molar-refractivity contribution is 7.98. The third-order valence-corrected chi connectivity index (χ3v) is 6.09. The van der Waals surface area contributed by atoms with E-state index < -0.39 is 0 Å². The van der Waals surface area contributed by atoms with Crippen molar-refractivity contribution in [3.05, 3.63) is 51.5 Å². The second-order valence-electron chi connectivity index (χ2n) is 5.40. The van der Waals surface area contributed by atoms with Crippen molar-refractivity contribution in [1.82, 2.24) is 10.3 Å². The molecule has 5 nitrogen and oxygen atoms in total. The van der Waals surface area contributed by atoms with Gasteiger partial charge in [-0.05, 0) is 30.5 Å². The Labute approximate surface area is 163 Å². The van der Waals surface area contributed by atoms with Crippen LogP contribution in [-0.2, 0) is 11.3 Å². The van der Waals surface area contributed by atoms with Crippen molar-refractivity contribution in [1.29, 1.82) is 0 Å². The SMILES string of the molecule is CSc1ccc(-c2csc(NC(=O)c3ccc(CNC(C)=O)s3)n2)cc1. The summed E-state index contributed by atoms with van der Waals surface area (Å²) in [6.45, 7) is 1.90. The van der Waals surface area contributed by atoms with Crippen LogP contribution in [-0.4, -0.2) is 23.1 Å². The highest BCUT2D eigenvalue weighted by atomic mass is 32.2. The van der Waals surface area contributed by atoms with E-state index in [9.17, 15) is 9.59 Å². The molecule has 0 aliphatic carbocycles. The van der Waals surface area contributed by atoms with E-state index in [1.807, 2.05) is 29.8 Å². The van der Waals surface area contributed by atoms with Crippen LogP contribution in [0.3, 0.4) is 0 Å². The Kier molecular flexibility index (Phi) is 6.08. The molecule has 3 aromatic rings. The van der Waals surface area contributed by atoms with Gasteiger partial charge in [0.1, 0.15) is 0 Å². The summed E-state index contributed by atoms with van der Waals surface area (Å²) in [5.41, 5.74) is 1.86. The monoisotopic (exact) mass is 403 g/mol. The maximum absolute atomic E-state index is 12.4. The molecular weight excluding hydrogens is 386 g/mol. The van der Waals surface area contributed by atoms with Crippen LogP contribution in [0.4, 0.5) is 5.13 Å². The summed E-state index contributed by atoms with van der Waals surface area (Å²) in [4.78, 5) is 30.5. The third kappa shape index (κ3) is 4.72. The minimum atomic E-state index is -0.192. The van der Waals surface area contributed by atoms with Crippen molar-refractivity contribution >= 4 is 51.4 Å². The number of thioether (sulfide) groups is 1. The molecular formula is C18H17N3O2S3. The van der Waals surface area contributed by atoms with Crippen molar-refractivity contribution in [2.75, 3.05) is 11.6 Å². The molecule has 0 atom stereocenters. The number of thiophene rings is 1. The average molecular weight is 404 g/mol. The van der Waals surface area contributed by atoms with Crippen LogP contribution in [0.1, 0.15) is 21.5 Å².